The monoisotopic (exact) mass is 402 g/mol. The molecule has 0 aliphatic carbocycles. The first-order valence-electron chi connectivity index (χ1n) is 8.76. The molecule has 1 heterocycles. The van der Waals surface area contributed by atoms with E-state index in [2.05, 4.69) is 11.2 Å². The van der Waals surface area contributed by atoms with Crippen LogP contribution >= 0.6 is 11.8 Å². The quantitative estimate of drug-likeness (QED) is 0.388. The Hall–Kier alpha value is -2.92. The number of ether oxygens (including phenoxy) is 2. The summed E-state index contributed by atoms with van der Waals surface area (Å²) in [6.07, 6.45) is 8.55. The Balaban J connectivity index is 2.10. The number of carbonyl (C=O) groups excluding carboxylic acids is 3. The molecule has 3 amide bonds. The Morgan fingerprint density at radius 3 is 2.82 bits per heavy atom. The highest BCUT2D eigenvalue weighted by Crippen LogP contribution is 2.34. The van der Waals surface area contributed by atoms with E-state index in [0.717, 1.165) is 29.5 Å². The van der Waals surface area contributed by atoms with Gasteiger partial charge in [0.1, 0.15) is 13.2 Å². The van der Waals surface area contributed by atoms with Crippen LogP contribution in [0.3, 0.4) is 0 Å². The van der Waals surface area contributed by atoms with Crippen LogP contribution in [0.2, 0.25) is 0 Å². The number of amides is 3. The maximum absolute atomic E-state index is 12.5. The van der Waals surface area contributed by atoms with Gasteiger partial charge in [-0.25, -0.2) is 0 Å². The van der Waals surface area contributed by atoms with Gasteiger partial charge in [-0.2, -0.15) is 0 Å². The lowest BCUT2D eigenvalue weighted by Crippen LogP contribution is -2.39. The first-order chi connectivity index (χ1) is 13.5. The van der Waals surface area contributed by atoms with Crippen molar-refractivity contribution in [3.63, 3.8) is 0 Å². The molecule has 148 valence electrons. The van der Waals surface area contributed by atoms with Crippen molar-refractivity contribution in [2.75, 3.05) is 26.8 Å². The van der Waals surface area contributed by atoms with Gasteiger partial charge in [-0.15, -0.1) is 6.42 Å². The van der Waals surface area contributed by atoms with Crippen LogP contribution in [-0.4, -0.2) is 48.8 Å². The van der Waals surface area contributed by atoms with Crippen LogP contribution in [-0.2, 0) is 9.59 Å². The second kappa shape index (κ2) is 10.4. The average molecular weight is 402 g/mol. The summed E-state index contributed by atoms with van der Waals surface area (Å²) in [5.74, 6) is 2.47. The highest BCUT2D eigenvalue weighted by atomic mass is 32.2. The number of imide groups is 1. The predicted molar refractivity (Wildman–Crippen MR) is 108 cm³/mol. The predicted octanol–water partition coefficient (Wildman–Crippen LogP) is 2.66. The summed E-state index contributed by atoms with van der Waals surface area (Å²) in [7, 11) is 1.49. The number of nitrogens with zero attached hydrogens (tertiary/aromatic N) is 1. The molecular formula is C20H22N2O5S. The molecule has 1 aromatic rings. The second-order valence-corrected chi connectivity index (χ2v) is 6.87. The lowest BCUT2D eigenvalue weighted by Gasteiger charge is -2.12. The minimum atomic E-state index is -0.493. The third-order valence-corrected chi connectivity index (χ3v) is 4.73. The van der Waals surface area contributed by atoms with E-state index >= 15 is 0 Å². The van der Waals surface area contributed by atoms with Crippen molar-refractivity contribution in [3.05, 3.63) is 28.7 Å². The van der Waals surface area contributed by atoms with E-state index in [9.17, 15) is 14.4 Å². The summed E-state index contributed by atoms with van der Waals surface area (Å²) in [5, 5.41) is 2.23. The summed E-state index contributed by atoms with van der Waals surface area (Å²) >= 11 is 0.798. The summed E-state index contributed by atoms with van der Waals surface area (Å²) in [4.78, 5) is 37.7. The second-order valence-electron chi connectivity index (χ2n) is 5.87. The van der Waals surface area contributed by atoms with Gasteiger partial charge in [0, 0.05) is 6.54 Å². The molecule has 8 heteroatoms. The van der Waals surface area contributed by atoms with Crippen LogP contribution in [0, 0.1) is 12.3 Å². The van der Waals surface area contributed by atoms with Gasteiger partial charge in [0.05, 0.1) is 12.0 Å². The topological polar surface area (TPSA) is 84.9 Å². The van der Waals surface area contributed by atoms with Gasteiger partial charge in [0.2, 0.25) is 5.91 Å². The molecule has 1 aliphatic rings. The van der Waals surface area contributed by atoms with Gasteiger partial charge in [-0.1, -0.05) is 25.3 Å². The van der Waals surface area contributed by atoms with Gasteiger partial charge < -0.3 is 14.8 Å². The van der Waals surface area contributed by atoms with Gasteiger partial charge in [-0.3, -0.25) is 19.3 Å². The number of nitrogens with one attached hydrogen (secondary N) is 1. The summed E-state index contributed by atoms with van der Waals surface area (Å²) in [5.41, 5.74) is 0.655. The number of rotatable bonds is 9. The van der Waals surface area contributed by atoms with Crippen LogP contribution in [0.1, 0.15) is 25.3 Å². The fourth-order valence-electron chi connectivity index (χ4n) is 2.40. The standard InChI is InChI=1S/C20H22N2O5S/c1-4-6-9-21-18(23)13-22-19(24)17(28-20(22)25)12-14-7-8-15(27-10-5-2)16(11-14)26-3/h2,7-8,11-12H,4,6,9-10,13H2,1,3H3,(H,21,23)/b17-12-. The third-order valence-electron chi connectivity index (χ3n) is 3.82. The summed E-state index contributed by atoms with van der Waals surface area (Å²) in [6.45, 7) is 2.36. The number of hydrogen-bond acceptors (Lipinski definition) is 6. The number of terminal acetylenes is 1. The Bertz CT molecular complexity index is 828. The highest BCUT2D eigenvalue weighted by Gasteiger charge is 2.36. The van der Waals surface area contributed by atoms with Crippen LogP contribution < -0.4 is 14.8 Å². The van der Waals surface area contributed by atoms with Gasteiger partial charge in [-0.05, 0) is 42.0 Å². The number of benzene rings is 1. The van der Waals surface area contributed by atoms with E-state index in [1.807, 2.05) is 6.92 Å². The van der Waals surface area contributed by atoms with Crippen molar-refractivity contribution in [1.29, 1.82) is 0 Å². The largest absolute Gasteiger partial charge is 0.493 e. The van der Waals surface area contributed by atoms with Gasteiger partial charge in [0.15, 0.2) is 11.5 Å². The fourth-order valence-corrected chi connectivity index (χ4v) is 3.24. The van der Waals surface area contributed by atoms with Crippen molar-refractivity contribution in [3.8, 4) is 23.8 Å². The number of thioether (sulfide) groups is 1. The lowest BCUT2D eigenvalue weighted by atomic mass is 10.2. The van der Waals surface area contributed by atoms with Crippen LogP contribution in [0.4, 0.5) is 4.79 Å². The zero-order valence-electron chi connectivity index (χ0n) is 15.8. The molecule has 28 heavy (non-hydrogen) atoms. The highest BCUT2D eigenvalue weighted by molar-refractivity contribution is 8.18. The molecule has 0 saturated carbocycles. The van der Waals surface area contributed by atoms with E-state index in [1.54, 1.807) is 24.3 Å². The molecule has 1 saturated heterocycles. The maximum Gasteiger partial charge on any atom is 0.294 e. The molecule has 1 N–H and O–H groups in total. The van der Waals surface area contributed by atoms with Crippen LogP contribution in [0.5, 0.6) is 11.5 Å². The normalized spacial score (nSPS) is 14.9. The molecule has 0 unspecified atom stereocenters. The Kier molecular flexibility index (Phi) is 7.96. The molecule has 2 rings (SSSR count). The van der Waals surface area contributed by atoms with Crippen molar-refractivity contribution in [2.24, 2.45) is 0 Å². The van der Waals surface area contributed by atoms with Crippen molar-refractivity contribution in [2.45, 2.75) is 19.8 Å². The smallest absolute Gasteiger partial charge is 0.294 e. The van der Waals surface area contributed by atoms with Crippen molar-refractivity contribution >= 4 is 34.9 Å². The zero-order valence-corrected chi connectivity index (χ0v) is 16.6. The van der Waals surface area contributed by atoms with Crippen molar-refractivity contribution < 1.29 is 23.9 Å². The molecular weight excluding hydrogens is 380 g/mol. The zero-order chi connectivity index (χ0) is 20.5. The molecule has 1 aliphatic heterocycles. The summed E-state index contributed by atoms with van der Waals surface area (Å²) < 4.78 is 10.7. The fraction of sp³-hybridized carbons (Fsp3) is 0.350. The van der Waals surface area contributed by atoms with E-state index in [-0.39, 0.29) is 24.0 Å². The molecule has 1 fully saturated rings. The average Bonchev–Trinajstić information content (AvgIpc) is 2.94. The molecule has 0 aromatic heterocycles. The molecule has 7 nitrogen and oxygen atoms in total. The van der Waals surface area contributed by atoms with Crippen molar-refractivity contribution in [1.82, 2.24) is 10.2 Å². The Labute approximate surface area is 168 Å². The molecule has 0 bridgehead atoms. The SMILES string of the molecule is C#CCOc1ccc(/C=C2\SC(=O)N(CC(=O)NCCCC)C2=O)cc1OC. The minimum Gasteiger partial charge on any atom is -0.493 e. The first kappa shape index (κ1) is 21.4. The minimum absolute atomic E-state index is 0.106. The van der Waals surface area contributed by atoms with E-state index in [1.165, 1.54) is 7.11 Å². The number of carbonyl (C=O) groups is 3. The molecule has 0 radical (unpaired) electrons. The van der Waals surface area contributed by atoms with E-state index < -0.39 is 11.1 Å². The van der Waals surface area contributed by atoms with Gasteiger partial charge in [0.25, 0.3) is 11.1 Å². The number of unbranched alkanes of at least 4 members (excludes halogenated alkanes) is 1. The maximum atomic E-state index is 12.5. The number of hydrogen-bond donors (Lipinski definition) is 1. The van der Waals surface area contributed by atoms with Crippen LogP contribution in [0.25, 0.3) is 6.08 Å². The molecule has 0 atom stereocenters. The third kappa shape index (κ3) is 5.54. The molecule has 1 aromatic carbocycles. The Morgan fingerprint density at radius 1 is 1.36 bits per heavy atom. The summed E-state index contributed by atoms with van der Waals surface area (Å²) in [6, 6.07) is 5.07. The number of methoxy groups -OCH3 is 1. The Morgan fingerprint density at radius 2 is 2.14 bits per heavy atom. The van der Waals surface area contributed by atoms with E-state index in [0.29, 0.717) is 23.6 Å². The molecule has 0 spiro atoms. The van der Waals surface area contributed by atoms with Crippen LogP contribution in [0.15, 0.2) is 23.1 Å². The lowest BCUT2D eigenvalue weighted by molar-refractivity contribution is -0.129. The first-order valence-corrected chi connectivity index (χ1v) is 9.58. The van der Waals surface area contributed by atoms with Gasteiger partial charge >= 0.3 is 0 Å². The van der Waals surface area contributed by atoms with E-state index in [4.69, 9.17) is 15.9 Å².